The maximum atomic E-state index is 13.8. The van der Waals surface area contributed by atoms with Gasteiger partial charge in [-0.1, -0.05) is 18.6 Å². The lowest BCUT2D eigenvalue weighted by molar-refractivity contribution is -0.133. The third kappa shape index (κ3) is 4.46. The predicted molar refractivity (Wildman–Crippen MR) is 109 cm³/mol. The highest BCUT2D eigenvalue weighted by Crippen LogP contribution is 2.26. The number of rotatable bonds is 5. The lowest BCUT2D eigenvalue weighted by atomic mass is 9.98. The summed E-state index contributed by atoms with van der Waals surface area (Å²) in [7, 11) is 0. The van der Waals surface area contributed by atoms with Crippen molar-refractivity contribution in [2.45, 2.75) is 50.6 Å². The summed E-state index contributed by atoms with van der Waals surface area (Å²) in [4.78, 5) is 17.7. The normalized spacial score (nSPS) is 20.2. The second kappa shape index (κ2) is 8.91. The summed E-state index contributed by atoms with van der Waals surface area (Å²) in [6, 6.07) is 11.0. The molecule has 1 aromatic carbocycles. The molecule has 0 spiro atoms. The van der Waals surface area contributed by atoms with Crippen molar-refractivity contribution >= 4 is 5.91 Å². The van der Waals surface area contributed by atoms with Gasteiger partial charge in [-0.3, -0.25) is 4.79 Å². The molecule has 0 radical (unpaired) electrons. The second-order valence-electron chi connectivity index (χ2n) is 8.11. The molecule has 4 nitrogen and oxygen atoms in total. The molecule has 2 aromatic rings. The van der Waals surface area contributed by atoms with Crippen molar-refractivity contribution in [3.63, 3.8) is 0 Å². The van der Waals surface area contributed by atoms with E-state index >= 15 is 0 Å². The standard InChI is InChI=1S/C23H30FN3O/c24-20-8-6-7-19(17-20)22(26-13-4-5-14-26)18-23(28)27-15-9-21(10-16-27)25-11-2-1-3-12-25/h4-8,13-14,17,21-22H,1-3,9-12,15-16,18H2. The van der Waals surface area contributed by atoms with Crippen molar-refractivity contribution in [2.24, 2.45) is 0 Å². The number of halogens is 1. The molecule has 1 atom stereocenters. The average Bonchev–Trinajstić information content (AvgIpc) is 3.27. The van der Waals surface area contributed by atoms with Gasteiger partial charge in [-0.05, 0) is 68.6 Å². The molecule has 2 saturated heterocycles. The molecule has 28 heavy (non-hydrogen) atoms. The summed E-state index contributed by atoms with van der Waals surface area (Å²) in [5, 5.41) is 0. The van der Waals surface area contributed by atoms with E-state index in [0.717, 1.165) is 31.5 Å². The first-order chi connectivity index (χ1) is 13.7. The number of aromatic nitrogens is 1. The topological polar surface area (TPSA) is 28.5 Å². The van der Waals surface area contributed by atoms with E-state index in [1.807, 2.05) is 40.1 Å². The lowest BCUT2D eigenvalue weighted by Crippen LogP contribution is -2.48. The lowest BCUT2D eigenvalue weighted by Gasteiger charge is -2.40. The molecular formula is C23H30FN3O. The molecule has 5 heteroatoms. The number of amides is 1. The Kier molecular flexibility index (Phi) is 6.10. The fraction of sp³-hybridized carbons (Fsp3) is 0.522. The molecule has 0 saturated carbocycles. The summed E-state index contributed by atoms with van der Waals surface area (Å²) in [6.45, 7) is 4.10. The van der Waals surface area contributed by atoms with Crippen molar-refractivity contribution in [2.75, 3.05) is 26.2 Å². The molecule has 2 aliphatic rings. The first-order valence-corrected chi connectivity index (χ1v) is 10.6. The van der Waals surface area contributed by atoms with E-state index < -0.39 is 0 Å². The van der Waals surface area contributed by atoms with Crippen molar-refractivity contribution in [1.82, 2.24) is 14.4 Å². The van der Waals surface area contributed by atoms with Crippen LogP contribution in [0.3, 0.4) is 0 Å². The molecule has 4 rings (SSSR count). The van der Waals surface area contributed by atoms with Crippen LogP contribution in [0.2, 0.25) is 0 Å². The van der Waals surface area contributed by atoms with Gasteiger partial charge < -0.3 is 14.4 Å². The van der Waals surface area contributed by atoms with Crippen LogP contribution >= 0.6 is 0 Å². The zero-order chi connectivity index (χ0) is 19.3. The third-order valence-corrected chi connectivity index (χ3v) is 6.31. The molecule has 0 aliphatic carbocycles. The number of piperidine rings is 2. The number of hydrogen-bond donors (Lipinski definition) is 0. The molecule has 1 aromatic heterocycles. The molecule has 0 bridgehead atoms. The van der Waals surface area contributed by atoms with Crippen LogP contribution < -0.4 is 0 Å². The Morgan fingerprint density at radius 3 is 2.39 bits per heavy atom. The number of hydrogen-bond acceptors (Lipinski definition) is 2. The molecule has 150 valence electrons. The van der Waals surface area contributed by atoms with E-state index in [1.165, 1.54) is 38.4 Å². The first kappa shape index (κ1) is 19.2. The van der Waals surface area contributed by atoms with E-state index in [9.17, 15) is 9.18 Å². The quantitative estimate of drug-likeness (QED) is 0.778. The fourth-order valence-corrected chi connectivity index (χ4v) is 4.72. The Labute approximate surface area is 166 Å². The number of carbonyl (C=O) groups is 1. The van der Waals surface area contributed by atoms with Gasteiger partial charge in [-0.15, -0.1) is 0 Å². The van der Waals surface area contributed by atoms with Crippen LogP contribution in [0.1, 0.15) is 50.1 Å². The summed E-state index contributed by atoms with van der Waals surface area (Å²) < 4.78 is 15.8. The minimum absolute atomic E-state index is 0.167. The van der Waals surface area contributed by atoms with Gasteiger partial charge in [0.25, 0.3) is 0 Å². The Morgan fingerprint density at radius 1 is 1.00 bits per heavy atom. The minimum atomic E-state index is -0.260. The Balaban J connectivity index is 1.39. The SMILES string of the molecule is O=C(CC(c1cccc(F)c1)n1cccc1)N1CCC(N2CCCCC2)CC1. The van der Waals surface area contributed by atoms with Gasteiger partial charge in [0, 0.05) is 31.5 Å². The summed E-state index contributed by atoms with van der Waals surface area (Å²) in [5.74, 6) is -0.0930. The largest absolute Gasteiger partial charge is 0.346 e. The van der Waals surface area contributed by atoms with Crippen LogP contribution in [-0.4, -0.2) is 52.5 Å². The Morgan fingerprint density at radius 2 is 1.71 bits per heavy atom. The molecule has 0 N–H and O–H groups in total. The first-order valence-electron chi connectivity index (χ1n) is 10.6. The van der Waals surface area contributed by atoms with E-state index in [-0.39, 0.29) is 17.8 Å². The highest BCUT2D eigenvalue weighted by atomic mass is 19.1. The van der Waals surface area contributed by atoms with Gasteiger partial charge in [0.1, 0.15) is 5.82 Å². The van der Waals surface area contributed by atoms with E-state index in [4.69, 9.17) is 0 Å². The van der Waals surface area contributed by atoms with E-state index in [2.05, 4.69) is 4.90 Å². The van der Waals surface area contributed by atoms with Crippen LogP contribution in [0.25, 0.3) is 0 Å². The second-order valence-corrected chi connectivity index (χ2v) is 8.11. The zero-order valence-electron chi connectivity index (χ0n) is 16.5. The highest BCUT2D eigenvalue weighted by molar-refractivity contribution is 5.77. The van der Waals surface area contributed by atoms with Gasteiger partial charge in [-0.25, -0.2) is 4.39 Å². The summed E-state index contributed by atoms with van der Waals surface area (Å²) in [5.41, 5.74) is 0.841. The van der Waals surface area contributed by atoms with Crippen LogP contribution in [0, 0.1) is 5.82 Å². The van der Waals surface area contributed by atoms with Crippen LogP contribution in [0.15, 0.2) is 48.8 Å². The van der Waals surface area contributed by atoms with E-state index in [0.29, 0.717) is 12.5 Å². The third-order valence-electron chi connectivity index (χ3n) is 6.31. The van der Waals surface area contributed by atoms with Gasteiger partial charge in [0.05, 0.1) is 12.5 Å². The Bertz CT molecular complexity index is 762. The van der Waals surface area contributed by atoms with Crippen LogP contribution in [-0.2, 0) is 4.79 Å². The molecule has 3 heterocycles. The number of nitrogens with zero attached hydrogens (tertiary/aromatic N) is 3. The summed E-state index contributed by atoms with van der Waals surface area (Å²) >= 11 is 0. The maximum Gasteiger partial charge on any atom is 0.225 e. The van der Waals surface area contributed by atoms with Crippen LogP contribution in [0.4, 0.5) is 4.39 Å². The van der Waals surface area contributed by atoms with Crippen molar-refractivity contribution in [3.05, 3.63) is 60.2 Å². The van der Waals surface area contributed by atoms with Crippen molar-refractivity contribution < 1.29 is 9.18 Å². The molecule has 2 fully saturated rings. The van der Waals surface area contributed by atoms with Gasteiger partial charge in [-0.2, -0.15) is 0 Å². The van der Waals surface area contributed by atoms with Crippen molar-refractivity contribution in [3.8, 4) is 0 Å². The van der Waals surface area contributed by atoms with Crippen molar-refractivity contribution in [1.29, 1.82) is 0 Å². The molecular weight excluding hydrogens is 353 g/mol. The fourth-order valence-electron chi connectivity index (χ4n) is 4.72. The van der Waals surface area contributed by atoms with Gasteiger partial charge in [0.2, 0.25) is 5.91 Å². The smallest absolute Gasteiger partial charge is 0.225 e. The number of carbonyl (C=O) groups excluding carboxylic acids is 1. The average molecular weight is 384 g/mol. The Hall–Kier alpha value is -2.14. The van der Waals surface area contributed by atoms with E-state index in [1.54, 1.807) is 12.1 Å². The summed E-state index contributed by atoms with van der Waals surface area (Å²) in [6.07, 6.45) is 10.4. The van der Waals surface area contributed by atoms with Gasteiger partial charge in [0.15, 0.2) is 0 Å². The zero-order valence-corrected chi connectivity index (χ0v) is 16.5. The monoisotopic (exact) mass is 383 g/mol. The minimum Gasteiger partial charge on any atom is -0.346 e. The predicted octanol–water partition coefficient (Wildman–Crippen LogP) is 4.08. The highest BCUT2D eigenvalue weighted by Gasteiger charge is 2.29. The number of benzene rings is 1. The number of likely N-dealkylation sites (tertiary alicyclic amines) is 2. The maximum absolute atomic E-state index is 13.8. The molecule has 2 aliphatic heterocycles. The van der Waals surface area contributed by atoms with Gasteiger partial charge >= 0.3 is 0 Å². The molecule has 1 amide bonds. The molecule has 1 unspecified atom stereocenters. The van der Waals surface area contributed by atoms with Crippen LogP contribution in [0.5, 0.6) is 0 Å².